The van der Waals surface area contributed by atoms with Gasteiger partial charge in [-0.15, -0.1) is 11.3 Å². The van der Waals surface area contributed by atoms with E-state index in [1.165, 1.54) is 49.8 Å². The van der Waals surface area contributed by atoms with Gasteiger partial charge in [-0.05, 0) is 25.7 Å². The number of hydrogen-bond donors (Lipinski definition) is 1. The number of nitrogen functional groups attached to an aromatic ring is 1. The molecule has 1 aliphatic carbocycles. The average Bonchev–Trinajstić information content (AvgIpc) is 2.89. The summed E-state index contributed by atoms with van der Waals surface area (Å²) >= 11 is 1.60. The highest BCUT2D eigenvalue weighted by molar-refractivity contribution is 7.15. The highest BCUT2D eigenvalue weighted by Crippen LogP contribution is 2.42. The molecule has 1 saturated heterocycles. The second kappa shape index (κ2) is 4.58. The maximum Gasteiger partial charge on any atom is 0.180 e. The number of ether oxygens (including phenoxy) is 1. The van der Waals surface area contributed by atoms with Crippen molar-refractivity contribution in [2.24, 2.45) is 0 Å². The molecular weight excluding hydrogens is 232 g/mol. The molecule has 0 amide bonds. The minimum Gasteiger partial charge on any atom is -0.375 e. The second-order valence-corrected chi connectivity index (χ2v) is 6.54. The molecule has 2 fully saturated rings. The fourth-order valence-electron chi connectivity index (χ4n) is 3.24. The first kappa shape index (κ1) is 11.5. The lowest BCUT2D eigenvalue weighted by molar-refractivity contribution is -0.0626. The van der Waals surface area contributed by atoms with Gasteiger partial charge in [-0.2, -0.15) is 0 Å². The zero-order valence-electron chi connectivity index (χ0n) is 10.2. The minimum absolute atomic E-state index is 0.235. The Morgan fingerprint density at radius 3 is 2.88 bits per heavy atom. The summed E-state index contributed by atoms with van der Waals surface area (Å²) in [6.45, 7) is 0. The Labute approximate surface area is 106 Å². The number of anilines is 1. The van der Waals surface area contributed by atoms with Crippen LogP contribution in [0.25, 0.3) is 0 Å². The van der Waals surface area contributed by atoms with Crippen molar-refractivity contribution >= 4 is 16.5 Å². The van der Waals surface area contributed by atoms with Gasteiger partial charge in [-0.3, -0.25) is 0 Å². The Morgan fingerprint density at radius 1 is 1.35 bits per heavy atom. The van der Waals surface area contributed by atoms with Crippen LogP contribution < -0.4 is 5.73 Å². The summed E-state index contributed by atoms with van der Waals surface area (Å²) < 4.78 is 6.34. The van der Waals surface area contributed by atoms with Crippen molar-refractivity contribution in [1.82, 2.24) is 4.98 Å². The Balaban J connectivity index is 1.60. The zero-order chi connectivity index (χ0) is 11.7. The maximum absolute atomic E-state index is 6.34. The second-order valence-electron chi connectivity index (χ2n) is 5.39. The molecule has 17 heavy (non-hydrogen) atoms. The molecule has 4 heteroatoms. The summed E-state index contributed by atoms with van der Waals surface area (Å²) in [7, 11) is 0. The number of nitrogens with two attached hydrogens (primary N) is 1. The third kappa shape index (κ3) is 2.47. The average molecular weight is 252 g/mol. The summed E-state index contributed by atoms with van der Waals surface area (Å²) in [5.74, 6) is 0. The molecule has 2 heterocycles. The van der Waals surface area contributed by atoms with Crippen molar-refractivity contribution in [2.45, 2.75) is 63.1 Å². The SMILES string of the molecule is Nc1ncc(CC2CCC3(CCCCC3)O2)s1. The Bertz CT molecular complexity index is 385. The molecule has 1 aliphatic heterocycles. The fourth-order valence-corrected chi connectivity index (χ4v) is 3.99. The highest BCUT2D eigenvalue weighted by atomic mass is 32.1. The van der Waals surface area contributed by atoms with Gasteiger partial charge < -0.3 is 10.5 Å². The van der Waals surface area contributed by atoms with E-state index in [4.69, 9.17) is 10.5 Å². The molecule has 2 aliphatic rings. The van der Waals surface area contributed by atoms with E-state index >= 15 is 0 Å². The summed E-state index contributed by atoms with van der Waals surface area (Å²) in [5.41, 5.74) is 5.89. The van der Waals surface area contributed by atoms with Crippen LogP contribution in [0.5, 0.6) is 0 Å². The quantitative estimate of drug-likeness (QED) is 0.879. The molecule has 3 nitrogen and oxygen atoms in total. The molecule has 3 rings (SSSR count). The van der Waals surface area contributed by atoms with Crippen LogP contribution in [0.2, 0.25) is 0 Å². The minimum atomic E-state index is 0.235. The van der Waals surface area contributed by atoms with Crippen molar-refractivity contribution in [2.75, 3.05) is 5.73 Å². The van der Waals surface area contributed by atoms with Crippen LogP contribution in [-0.4, -0.2) is 16.7 Å². The molecule has 1 aromatic rings. The van der Waals surface area contributed by atoms with Gasteiger partial charge in [0.05, 0.1) is 11.7 Å². The van der Waals surface area contributed by atoms with Gasteiger partial charge in [-0.25, -0.2) is 4.98 Å². The molecule has 1 spiro atoms. The van der Waals surface area contributed by atoms with Gasteiger partial charge in [0.2, 0.25) is 0 Å². The summed E-state index contributed by atoms with van der Waals surface area (Å²) in [4.78, 5) is 5.37. The van der Waals surface area contributed by atoms with Crippen molar-refractivity contribution < 1.29 is 4.74 Å². The number of nitrogens with zero attached hydrogens (tertiary/aromatic N) is 1. The van der Waals surface area contributed by atoms with Crippen LogP contribution in [0.4, 0.5) is 5.13 Å². The first-order chi connectivity index (χ1) is 8.26. The van der Waals surface area contributed by atoms with Gasteiger partial charge in [0.25, 0.3) is 0 Å². The molecule has 1 atom stereocenters. The summed E-state index contributed by atoms with van der Waals surface area (Å²) in [5, 5.41) is 0.672. The zero-order valence-corrected chi connectivity index (χ0v) is 11.0. The van der Waals surface area contributed by atoms with Crippen LogP contribution in [0.1, 0.15) is 49.8 Å². The van der Waals surface area contributed by atoms with Gasteiger partial charge in [-0.1, -0.05) is 19.3 Å². The predicted octanol–water partition coefficient (Wildman–Crippen LogP) is 3.15. The molecule has 94 valence electrons. The molecule has 1 unspecified atom stereocenters. The molecule has 0 radical (unpaired) electrons. The topological polar surface area (TPSA) is 48.1 Å². The van der Waals surface area contributed by atoms with Crippen molar-refractivity contribution in [3.63, 3.8) is 0 Å². The van der Waals surface area contributed by atoms with E-state index in [9.17, 15) is 0 Å². The van der Waals surface area contributed by atoms with Gasteiger partial charge in [0, 0.05) is 17.5 Å². The van der Waals surface area contributed by atoms with Crippen LogP contribution in [0, 0.1) is 0 Å². The molecule has 0 aromatic carbocycles. The lowest BCUT2D eigenvalue weighted by Crippen LogP contribution is -2.32. The highest BCUT2D eigenvalue weighted by Gasteiger charge is 2.40. The standard InChI is InChI=1S/C13H20N2OS/c14-12-15-9-11(17-12)8-10-4-7-13(16-10)5-2-1-3-6-13/h9-10H,1-8H2,(H2,14,15). The normalized spacial score (nSPS) is 27.6. The number of rotatable bonds is 2. The molecule has 0 bridgehead atoms. The van der Waals surface area contributed by atoms with E-state index in [0.29, 0.717) is 11.2 Å². The predicted molar refractivity (Wildman–Crippen MR) is 70.2 cm³/mol. The summed E-state index contributed by atoms with van der Waals surface area (Å²) in [6.07, 6.45) is 12.4. The van der Waals surface area contributed by atoms with Crippen LogP contribution in [0.3, 0.4) is 0 Å². The van der Waals surface area contributed by atoms with Gasteiger partial charge in [0.1, 0.15) is 0 Å². The molecule has 1 aromatic heterocycles. The van der Waals surface area contributed by atoms with E-state index in [0.717, 1.165) is 6.42 Å². The lowest BCUT2D eigenvalue weighted by atomic mass is 9.83. The third-order valence-corrected chi connectivity index (χ3v) is 4.95. The molecule has 2 N–H and O–H groups in total. The Hall–Kier alpha value is -0.610. The first-order valence-corrected chi connectivity index (χ1v) is 7.45. The van der Waals surface area contributed by atoms with Gasteiger partial charge >= 0.3 is 0 Å². The van der Waals surface area contributed by atoms with Crippen LogP contribution in [0.15, 0.2) is 6.20 Å². The largest absolute Gasteiger partial charge is 0.375 e. The van der Waals surface area contributed by atoms with E-state index in [2.05, 4.69) is 4.98 Å². The number of thiazole rings is 1. The van der Waals surface area contributed by atoms with E-state index in [-0.39, 0.29) is 5.60 Å². The van der Waals surface area contributed by atoms with Gasteiger partial charge in [0.15, 0.2) is 5.13 Å². The van der Waals surface area contributed by atoms with Crippen molar-refractivity contribution in [3.05, 3.63) is 11.1 Å². The first-order valence-electron chi connectivity index (χ1n) is 6.64. The van der Waals surface area contributed by atoms with Crippen LogP contribution in [-0.2, 0) is 11.2 Å². The molecular formula is C13H20N2OS. The van der Waals surface area contributed by atoms with Crippen molar-refractivity contribution in [3.8, 4) is 0 Å². The maximum atomic E-state index is 6.34. The summed E-state index contributed by atoms with van der Waals surface area (Å²) in [6, 6.07) is 0. The van der Waals surface area contributed by atoms with Crippen molar-refractivity contribution in [1.29, 1.82) is 0 Å². The van der Waals surface area contributed by atoms with Crippen LogP contribution >= 0.6 is 11.3 Å². The van der Waals surface area contributed by atoms with E-state index < -0.39 is 0 Å². The number of hydrogen-bond acceptors (Lipinski definition) is 4. The smallest absolute Gasteiger partial charge is 0.180 e. The monoisotopic (exact) mass is 252 g/mol. The Morgan fingerprint density at radius 2 is 2.18 bits per heavy atom. The number of aromatic nitrogens is 1. The Kier molecular flexibility index (Phi) is 3.09. The van der Waals surface area contributed by atoms with E-state index in [1.54, 1.807) is 11.3 Å². The lowest BCUT2D eigenvalue weighted by Gasteiger charge is -2.33. The fraction of sp³-hybridized carbons (Fsp3) is 0.769. The third-order valence-electron chi connectivity index (χ3n) is 4.10. The molecule has 1 saturated carbocycles. The van der Waals surface area contributed by atoms with E-state index in [1.807, 2.05) is 6.20 Å².